The first-order chi connectivity index (χ1) is 9.95. The molecule has 0 bridgehead atoms. The van der Waals surface area contributed by atoms with Gasteiger partial charge in [0.1, 0.15) is 0 Å². The van der Waals surface area contributed by atoms with Crippen molar-refractivity contribution in [2.45, 2.75) is 6.54 Å². The highest BCUT2D eigenvalue weighted by molar-refractivity contribution is 6.28. The van der Waals surface area contributed by atoms with Gasteiger partial charge < -0.3 is 10.7 Å². The van der Waals surface area contributed by atoms with Gasteiger partial charge in [0.2, 0.25) is 5.28 Å². The number of aromatic nitrogens is 2. The monoisotopic (exact) mass is 304 g/mol. The van der Waals surface area contributed by atoms with E-state index in [1.807, 2.05) is 0 Å². The lowest BCUT2D eigenvalue weighted by Crippen LogP contribution is -2.36. The summed E-state index contributed by atoms with van der Waals surface area (Å²) in [6.07, 6.45) is 0. The van der Waals surface area contributed by atoms with Crippen molar-refractivity contribution in [3.63, 3.8) is 0 Å². The minimum absolute atomic E-state index is 0.0418. The van der Waals surface area contributed by atoms with E-state index in [9.17, 15) is 4.79 Å². The summed E-state index contributed by atoms with van der Waals surface area (Å²) >= 11 is 5.99. The Bertz CT molecular complexity index is 777. The molecule has 0 radical (unpaired) electrons. The van der Waals surface area contributed by atoms with Crippen LogP contribution >= 0.6 is 11.6 Å². The third-order valence-corrected chi connectivity index (χ3v) is 3.23. The lowest BCUT2D eigenvalue weighted by atomic mass is 10.1. The maximum absolute atomic E-state index is 12.4. The fraction of sp³-hybridized carbons (Fsp3) is 0.154. The molecule has 0 saturated heterocycles. The summed E-state index contributed by atoms with van der Waals surface area (Å²) < 4.78 is 1.22. The van der Waals surface area contributed by atoms with Crippen LogP contribution in [0.1, 0.15) is 11.1 Å². The van der Waals surface area contributed by atoms with Crippen molar-refractivity contribution in [2.24, 2.45) is 5.84 Å². The molecule has 0 atom stereocenters. The van der Waals surface area contributed by atoms with E-state index in [4.69, 9.17) is 28.4 Å². The Morgan fingerprint density at radius 1 is 1.48 bits per heavy atom. The summed E-state index contributed by atoms with van der Waals surface area (Å²) in [7, 11) is 1.48. The van der Waals surface area contributed by atoms with Gasteiger partial charge in [-0.05, 0) is 23.2 Å². The number of hydrogen-bond donors (Lipinski definition) is 2. The van der Waals surface area contributed by atoms with Crippen molar-refractivity contribution in [2.75, 3.05) is 17.8 Å². The number of nitriles is 1. The van der Waals surface area contributed by atoms with Gasteiger partial charge in [0.15, 0.2) is 11.5 Å². The van der Waals surface area contributed by atoms with Crippen molar-refractivity contribution >= 4 is 23.1 Å². The second-order valence-corrected chi connectivity index (χ2v) is 4.72. The van der Waals surface area contributed by atoms with Crippen LogP contribution < -0.4 is 22.1 Å². The van der Waals surface area contributed by atoms with Gasteiger partial charge in [-0.25, -0.2) is 5.84 Å². The van der Waals surface area contributed by atoms with E-state index in [2.05, 4.69) is 11.1 Å². The molecule has 0 unspecified atom stereocenters. The van der Waals surface area contributed by atoms with Gasteiger partial charge in [-0.2, -0.15) is 10.2 Å². The van der Waals surface area contributed by atoms with Crippen molar-refractivity contribution in [1.82, 2.24) is 9.55 Å². The molecule has 0 aliphatic heterocycles. The predicted octanol–water partition coefficient (Wildman–Crippen LogP) is 0.709. The molecular weight excluding hydrogens is 292 g/mol. The van der Waals surface area contributed by atoms with Gasteiger partial charge in [-0.3, -0.25) is 9.36 Å². The molecule has 1 aromatic heterocycles. The molecule has 1 heterocycles. The van der Waals surface area contributed by atoms with Crippen LogP contribution in [0, 0.1) is 11.3 Å². The lowest BCUT2D eigenvalue weighted by molar-refractivity contribution is 0.732. The third kappa shape index (κ3) is 2.81. The van der Waals surface area contributed by atoms with Gasteiger partial charge in [0, 0.05) is 7.05 Å². The van der Waals surface area contributed by atoms with E-state index in [1.54, 1.807) is 24.3 Å². The first-order valence-corrected chi connectivity index (χ1v) is 6.35. The molecule has 0 saturated carbocycles. The Labute approximate surface area is 125 Å². The van der Waals surface area contributed by atoms with E-state index in [1.165, 1.54) is 11.6 Å². The predicted molar refractivity (Wildman–Crippen MR) is 80.8 cm³/mol. The van der Waals surface area contributed by atoms with Gasteiger partial charge in [-0.15, -0.1) is 0 Å². The molecule has 1 aromatic carbocycles. The van der Waals surface area contributed by atoms with E-state index in [0.717, 1.165) is 5.01 Å². The second kappa shape index (κ2) is 5.83. The van der Waals surface area contributed by atoms with Crippen molar-refractivity contribution in [3.8, 4) is 6.07 Å². The highest BCUT2D eigenvalue weighted by Gasteiger charge is 2.16. The normalized spacial score (nSPS) is 10.2. The Kier molecular flexibility index (Phi) is 4.12. The second-order valence-electron chi connectivity index (χ2n) is 4.39. The van der Waals surface area contributed by atoms with Gasteiger partial charge >= 0.3 is 0 Å². The number of anilines is 2. The maximum Gasteiger partial charge on any atom is 0.281 e. The molecule has 2 aromatic rings. The van der Waals surface area contributed by atoms with E-state index < -0.39 is 5.56 Å². The fourth-order valence-corrected chi connectivity index (χ4v) is 2.17. The number of hydrazine groups is 1. The van der Waals surface area contributed by atoms with Crippen LogP contribution in [-0.2, 0) is 6.54 Å². The number of rotatable bonds is 3. The Morgan fingerprint density at radius 2 is 2.14 bits per heavy atom. The van der Waals surface area contributed by atoms with Gasteiger partial charge in [0.05, 0.1) is 18.2 Å². The quantitative estimate of drug-likeness (QED) is 0.490. The number of nitrogen functional groups attached to an aromatic ring is 1. The number of hydrogen-bond acceptors (Lipinski definition) is 6. The zero-order valence-corrected chi connectivity index (χ0v) is 12.0. The minimum atomic E-state index is -0.467. The van der Waals surface area contributed by atoms with Crippen LogP contribution in [0.25, 0.3) is 0 Å². The minimum Gasteiger partial charge on any atom is -0.382 e. The fourth-order valence-electron chi connectivity index (χ4n) is 1.94. The summed E-state index contributed by atoms with van der Waals surface area (Å²) in [5.41, 5.74) is 6.35. The summed E-state index contributed by atoms with van der Waals surface area (Å²) in [5, 5.41) is 10.1. The smallest absolute Gasteiger partial charge is 0.281 e. The molecule has 0 spiro atoms. The standard InChI is InChI=1S/C13H13ClN6O/c1-19(17)10-11(16)18-13(14)20(12(10)21)7-9-5-3-2-4-8(9)6-15/h2-5H,7,16-17H2,1H3. The highest BCUT2D eigenvalue weighted by Crippen LogP contribution is 2.17. The number of nitrogens with zero attached hydrogens (tertiary/aromatic N) is 4. The Hall–Kier alpha value is -2.56. The number of benzene rings is 1. The molecule has 2 rings (SSSR count). The summed E-state index contributed by atoms with van der Waals surface area (Å²) in [5.74, 6) is 5.55. The molecule has 8 heteroatoms. The largest absolute Gasteiger partial charge is 0.382 e. The van der Waals surface area contributed by atoms with Crippen LogP contribution in [0.2, 0.25) is 5.28 Å². The van der Waals surface area contributed by atoms with Crippen LogP contribution in [0.5, 0.6) is 0 Å². The van der Waals surface area contributed by atoms with E-state index in [0.29, 0.717) is 11.1 Å². The Balaban J connectivity index is 2.58. The van der Waals surface area contributed by atoms with E-state index >= 15 is 0 Å². The van der Waals surface area contributed by atoms with Crippen molar-refractivity contribution in [1.29, 1.82) is 5.26 Å². The van der Waals surface area contributed by atoms with Crippen molar-refractivity contribution in [3.05, 3.63) is 51.0 Å². The molecule has 108 valence electrons. The zero-order chi connectivity index (χ0) is 15.6. The molecule has 0 aliphatic carbocycles. The summed E-state index contributed by atoms with van der Waals surface area (Å²) in [4.78, 5) is 16.3. The maximum atomic E-state index is 12.4. The summed E-state index contributed by atoms with van der Waals surface area (Å²) in [6, 6.07) is 8.98. The average Bonchev–Trinajstić information content (AvgIpc) is 2.43. The van der Waals surface area contributed by atoms with E-state index in [-0.39, 0.29) is 23.3 Å². The molecule has 0 fully saturated rings. The lowest BCUT2D eigenvalue weighted by Gasteiger charge is -2.17. The van der Waals surface area contributed by atoms with Crippen molar-refractivity contribution < 1.29 is 0 Å². The zero-order valence-electron chi connectivity index (χ0n) is 11.2. The molecule has 4 N–H and O–H groups in total. The molecule has 0 aliphatic rings. The molecular formula is C13H13ClN6O. The van der Waals surface area contributed by atoms with Crippen LogP contribution in [0.4, 0.5) is 11.5 Å². The molecule has 21 heavy (non-hydrogen) atoms. The van der Waals surface area contributed by atoms with Crippen LogP contribution in [-0.4, -0.2) is 16.6 Å². The SMILES string of the molecule is CN(N)c1c(N)nc(Cl)n(Cc2ccccc2C#N)c1=O. The first-order valence-electron chi connectivity index (χ1n) is 5.98. The summed E-state index contributed by atoms with van der Waals surface area (Å²) in [6.45, 7) is 0.107. The molecule has 7 nitrogen and oxygen atoms in total. The average molecular weight is 305 g/mol. The first kappa shape index (κ1) is 14.8. The van der Waals surface area contributed by atoms with Gasteiger partial charge in [-0.1, -0.05) is 18.2 Å². The van der Waals surface area contributed by atoms with Crippen LogP contribution in [0.3, 0.4) is 0 Å². The number of nitrogens with two attached hydrogens (primary N) is 2. The number of halogens is 1. The highest BCUT2D eigenvalue weighted by atomic mass is 35.5. The third-order valence-electron chi connectivity index (χ3n) is 2.94. The molecule has 0 amide bonds. The van der Waals surface area contributed by atoms with Crippen LogP contribution in [0.15, 0.2) is 29.1 Å². The topological polar surface area (TPSA) is 114 Å². The Morgan fingerprint density at radius 3 is 2.76 bits per heavy atom. The van der Waals surface area contributed by atoms with Gasteiger partial charge in [0.25, 0.3) is 5.56 Å².